The smallest absolute Gasteiger partial charge is 0.224 e. The molecular formula is C28H48N2O2. The van der Waals surface area contributed by atoms with Crippen LogP contribution in [0.4, 0.5) is 5.69 Å². The predicted octanol–water partition coefficient (Wildman–Crippen LogP) is 7.55. The van der Waals surface area contributed by atoms with Crippen molar-refractivity contribution in [1.82, 2.24) is 5.32 Å². The number of anilines is 1. The molecule has 0 bridgehead atoms. The number of amides is 1. The van der Waals surface area contributed by atoms with Gasteiger partial charge in [-0.25, -0.2) is 0 Å². The second kappa shape index (κ2) is 17.0. The molecule has 4 heteroatoms. The normalized spacial score (nSPS) is 14.4. The second-order valence-corrected chi connectivity index (χ2v) is 9.59. The van der Waals surface area contributed by atoms with Crippen LogP contribution >= 0.6 is 0 Å². The van der Waals surface area contributed by atoms with Crippen molar-refractivity contribution in [2.45, 2.75) is 123 Å². The molecule has 1 aliphatic rings. The SMILES string of the molecule is CCCCCCCCCCCCCCCC(=O)Nc1ccc(OC2CCNCC2)c(C)c1. The number of benzene rings is 1. The summed E-state index contributed by atoms with van der Waals surface area (Å²) in [5, 5.41) is 6.42. The van der Waals surface area contributed by atoms with E-state index in [1.54, 1.807) is 0 Å². The molecule has 0 spiro atoms. The lowest BCUT2D eigenvalue weighted by molar-refractivity contribution is -0.116. The van der Waals surface area contributed by atoms with Crippen LogP contribution in [0.25, 0.3) is 0 Å². The summed E-state index contributed by atoms with van der Waals surface area (Å²) in [6.45, 7) is 6.38. The molecule has 2 N–H and O–H groups in total. The second-order valence-electron chi connectivity index (χ2n) is 9.59. The molecule has 0 aliphatic carbocycles. The highest BCUT2D eigenvalue weighted by molar-refractivity contribution is 5.90. The Balaban J connectivity index is 1.48. The zero-order chi connectivity index (χ0) is 22.9. The summed E-state index contributed by atoms with van der Waals surface area (Å²) in [5.74, 6) is 1.06. The average molecular weight is 445 g/mol. The maximum absolute atomic E-state index is 12.3. The van der Waals surface area contributed by atoms with Crippen molar-refractivity contribution in [3.63, 3.8) is 0 Å². The highest BCUT2D eigenvalue weighted by Crippen LogP contribution is 2.25. The molecule has 0 unspecified atom stereocenters. The van der Waals surface area contributed by atoms with E-state index in [4.69, 9.17) is 4.74 Å². The minimum absolute atomic E-state index is 0.125. The topological polar surface area (TPSA) is 50.4 Å². The van der Waals surface area contributed by atoms with Crippen LogP contribution in [0.1, 0.15) is 115 Å². The van der Waals surface area contributed by atoms with Crippen molar-refractivity contribution >= 4 is 11.6 Å². The lowest BCUT2D eigenvalue weighted by atomic mass is 10.0. The molecule has 1 heterocycles. The molecule has 1 amide bonds. The highest BCUT2D eigenvalue weighted by atomic mass is 16.5. The van der Waals surface area contributed by atoms with E-state index in [2.05, 4.69) is 24.5 Å². The predicted molar refractivity (Wildman–Crippen MR) is 137 cm³/mol. The zero-order valence-electron chi connectivity index (χ0n) is 20.9. The van der Waals surface area contributed by atoms with E-state index in [1.165, 1.54) is 70.6 Å². The first-order chi connectivity index (χ1) is 15.7. The summed E-state index contributed by atoms with van der Waals surface area (Å²) < 4.78 is 6.15. The third-order valence-electron chi connectivity index (χ3n) is 6.55. The number of aryl methyl sites for hydroxylation is 1. The number of unbranched alkanes of at least 4 members (excludes halogenated alkanes) is 12. The molecule has 0 aromatic heterocycles. The van der Waals surface area contributed by atoms with E-state index >= 15 is 0 Å². The number of carbonyl (C=O) groups is 1. The average Bonchev–Trinajstić information content (AvgIpc) is 2.79. The van der Waals surface area contributed by atoms with Crippen molar-refractivity contribution in [2.75, 3.05) is 18.4 Å². The maximum Gasteiger partial charge on any atom is 0.224 e. The fraction of sp³-hybridized carbons (Fsp3) is 0.750. The van der Waals surface area contributed by atoms with Gasteiger partial charge in [-0.2, -0.15) is 0 Å². The lowest BCUT2D eigenvalue weighted by Gasteiger charge is -2.24. The Kier molecular flexibility index (Phi) is 14.2. The van der Waals surface area contributed by atoms with Gasteiger partial charge in [-0.05, 0) is 63.0 Å². The zero-order valence-corrected chi connectivity index (χ0v) is 20.9. The van der Waals surface area contributed by atoms with Gasteiger partial charge in [-0.15, -0.1) is 0 Å². The van der Waals surface area contributed by atoms with Crippen molar-refractivity contribution < 1.29 is 9.53 Å². The number of rotatable bonds is 17. The highest BCUT2D eigenvalue weighted by Gasteiger charge is 2.15. The molecule has 32 heavy (non-hydrogen) atoms. The quantitative estimate of drug-likeness (QED) is 0.244. The van der Waals surface area contributed by atoms with Crippen molar-refractivity contribution in [3.8, 4) is 5.75 Å². The molecule has 1 aliphatic heterocycles. The number of ether oxygens (including phenoxy) is 1. The summed E-state index contributed by atoms with van der Waals surface area (Å²) in [6.07, 6.45) is 20.3. The van der Waals surface area contributed by atoms with Gasteiger partial charge in [0.1, 0.15) is 11.9 Å². The van der Waals surface area contributed by atoms with E-state index in [-0.39, 0.29) is 5.91 Å². The Morgan fingerprint density at radius 3 is 2.03 bits per heavy atom. The van der Waals surface area contributed by atoms with Gasteiger partial charge in [0.05, 0.1) is 0 Å². The third-order valence-corrected chi connectivity index (χ3v) is 6.55. The summed E-state index contributed by atoms with van der Waals surface area (Å²) >= 11 is 0. The number of hydrogen-bond donors (Lipinski definition) is 2. The van der Waals surface area contributed by atoms with Crippen LogP contribution < -0.4 is 15.4 Å². The van der Waals surface area contributed by atoms with Gasteiger partial charge in [-0.1, -0.05) is 84.0 Å². The van der Waals surface area contributed by atoms with E-state index in [9.17, 15) is 4.79 Å². The summed E-state index contributed by atoms with van der Waals surface area (Å²) in [4.78, 5) is 12.3. The summed E-state index contributed by atoms with van der Waals surface area (Å²) in [7, 11) is 0. The van der Waals surface area contributed by atoms with Crippen LogP contribution in [0.5, 0.6) is 5.75 Å². The molecule has 0 atom stereocenters. The van der Waals surface area contributed by atoms with Gasteiger partial charge in [-0.3, -0.25) is 4.79 Å². The van der Waals surface area contributed by atoms with Gasteiger partial charge in [0.25, 0.3) is 0 Å². The molecule has 1 aromatic rings. The summed E-state index contributed by atoms with van der Waals surface area (Å²) in [6, 6.07) is 5.99. The fourth-order valence-corrected chi connectivity index (χ4v) is 4.48. The molecular weight excluding hydrogens is 396 g/mol. The number of piperidine rings is 1. The van der Waals surface area contributed by atoms with Crippen LogP contribution in [0.15, 0.2) is 18.2 Å². The Labute approximate surface area is 197 Å². The molecule has 182 valence electrons. The van der Waals surface area contributed by atoms with Gasteiger partial charge >= 0.3 is 0 Å². The Hall–Kier alpha value is -1.55. The first kappa shape index (κ1) is 26.7. The van der Waals surface area contributed by atoms with Crippen molar-refractivity contribution in [2.24, 2.45) is 0 Å². The Bertz CT molecular complexity index is 626. The fourth-order valence-electron chi connectivity index (χ4n) is 4.48. The minimum Gasteiger partial charge on any atom is -0.490 e. The summed E-state index contributed by atoms with van der Waals surface area (Å²) in [5.41, 5.74) is 1.96. The first-order valence-electron chi connectivity index (χ1n) is 13.5. The molecule has 1 fully saturated rings. The third kappa shape index (κ3) is 11.9. The molecule has 4 nitrogen and oxygen atoms in total. The van der Waals surface area contributed by atoms with E-state index in [0.717, 1.165) is 55.8 Å². The molecule has 0 saturated carbocycles. The van der Waals surface area contributed by atoms with Crippen LogP contribution in [-0.4, -0.2) is 25.1 Å². The van der Waals surface area contributed by atoms with Crippen molar-refractivity contribution in [3.05, 3.63) is 23.8 Å². The monoisotopic (exact) mass is 444 g/mol. The molecule has 0 radical (unpaired) electrons. The van der Waals surface area contributed by atoms with Crippen LogP contribution in [0.2, 0.25) is 0 Å². The van der Waals surface area contributed by atoms with Crippen molar-refractivity contribution in [1.29, 1.82) is 0 Å². The van der Waals surface area contributed by atoms with Gasteiger partial charge in [0, 0.05) is 12.1 Å². The molecule has 1 aromatic carbocycles. The van der Waals surface area contributed by atoms with Gasteiger partial charge < -0.3 is 15.4 Å². The van der Waals surface area contributed by atoms with E-state index in [1.807, 2.05) is 18.2 Å². The first-order valence-corrected chi connectivity index (χ1v) is 13.5. The van der Waals surface area contributed by atoms with E-state index in [0.29, 0.717) is 12.5 Å². The van der Waals surface area contributed by atoms with Crippen LogP contribution in [-0.2, 0) is 4.79 Å². The largest absolute Gasteiger partial charge is 0.490 e. The van der Waals surface area contributed by atoms with Crippen LogP contribution in [0, 0.1) is 6.92 Å². The van der Waals surface area contributed by atoms with E-state index < -0.39 is 0 Å². The Morgan fingerprint density at radius 2 is 1.47 bits per heavy atom. The minimum atomic E-state index is 0.125. The van der Waals surface area contributed by atoms with Crippen LogP contribution in [0.3, 0.4) is 0 Å². The Morgan fingerprint density at radius 1 is 0.906 bits per heavy atom. The number of nitrogens with one attached hydrogen (secondary N) is 2. The maximum atomic E-state index is 12.3. The lowest BCUT2D eigenvalue weighted by Crippen LogP contribution is -2.34. The molecule has 2 rings (SSSR count). The standard InChI is InChI=1S/C28H48N2O2/c1-3-4-5-6-7-8-9-10-11-12-13-14-15-16-28(31)30-25-17-18-27(24(2)23-25)32-26-19-21-29-22-20-26/h17-18,23,26,29H,3-16,19-22H2,1-2H3,(H,30,31). The van der Waals surface area contributed by atoms with Gasteiger partial charge in [0.15, 0.2) is 0 Å². The number of hydrogen-bond acceptors (Lipinski definition) is 3. The van der Waals surface area contributed by atoms with Gasteiger partial charge in [0.2, 0.25) is 5.91 Å². The number of carbonyl (C=O) groups excluding carboxylic acids is 1. The molecule has 1 saturated heterocycles.